The van der Waals surface area contributed by atoms with Crippen molar-refractivity contribution in [3.63, 3.8) is 0 Å². The first-order chi connectivity index (χ1) is 10.6. The summed E-state index contributed by atoms with van der Waals surface area (Å²) < 4.78 is 11.2. The molecule has 0 amide bonds. The van der Waals surface area contributed by atoms with Crippen molar-refractivity contribution in [3.05, 3.63) is 39.2 Å². The van der Waals surface area contributed by atoms with Gasteiger partial charge >= 0.3 is 5.63 Å². The van der Waals surface area contributed by atoms with Crippen LogP contribution in [0.3, 0.4) is 0 Å². The average Bonchev–Trinajstić information content (AvgIpc) is 2.52. The zero-order valence-corrected chi connectivity index (χ0v) is 12.6. The van der Waals surface area contributed by atoms with Crippen LogP contribution >= 0.6 is 0 Å². The Bertz CT molecular complexity index is 747. The van der Waals surface area contributed by atoms with Crippen molar-refractivity contribution in [3.8, 4) is 5.75 Å². The van der Waals surface area contributed by atoms with Crippen LogP contribution in [0.1, 0.15) is 29.5 Å². The Balaban J connectivity index is 2.16. The van der Waals surface area contributed by atoms with E-state index in [4.69, 9.17) is 14.3 Å². The summed E-state index contributed by atoms with van der Waals surface area (Å²) in [5, 5.41) is 19.2. The molecule has 0 fully saturated rings. The lowest BCUT2D eigenvalue weighted by molar-refractivity contribution is 0.0540. The number of benzene rings is 1. The second kappa shape index (κ2) is 6.10. The van der Waals surface area contributed by atoms with Gasteiger partial charge in [0.05, 0.1) is 12.0 Å². The maximum absolute atomic E-state index is 12.1. The lowest BCUT2D eigenvalue weighted by atomic mass is 9.90. The van der Waals surface area contributed by atoms with Crippen LogP contribution in [0.5, 0.6) is 5.75 Å². The van der Waals surface area contributed by atoms with E-state index >= 15 is 0 Å². The Morgan fingerprint density at radius 2 is 2.00 bits per heavy atom. The fourth-order valence-corrected chi connectivity index (χ4v) is 3.02. The second-order valence-corrected chi connectivity index (χ2v) is 5.84. The summed E-state index contributed by atoms with van der Waals surface area (Å²) in [6, 6.07) is 3.71. The maximum atomic E-state index is 12.1. The number of hydrogen-bond donors (Lipinski definition) is 2. The van der Waals surface area contributed by atoms with Crippen molar-refractivity contribution in [2.45, 2.75) is 38.7 Å². The minimum atomic E-state index is -0.929. The number of ether oxygens (including phenoxy) is 1. The van der Waals surface area contributed by atoms with Crippen LogP contribution in [0.15, 0.2) is 21.3 Å². The van der Waals surface area contributed by atoms with Gasteiger partial charge in [-0.2, -0.15) is 0 Å². The molecule has 118 valence electrons. The van der Waals surface area contributed by atoms with Gasteiger partial charge in [0.2, 0.25) is 0 Å². The molecule has 5 nitrogen and oxygen atoms in total. The summed E-state index contributed by atoms with van der Waals surface area (Å²) >= 11 is 0. The molecule has 2 N–H and O–H groups in total. The van der Waals surface area contributed by atoms with Crippen LogP contribution in [-0.4, -0.2) is 29.5 Å². The van der Waals surface area contributed by atoms with Crippen molar-refractivity contribution < 1.29 is 19.4 Å². The fraction of sp³-hybridized carbons (Fsp3) is 0.471. The first-order valence-corrected chi connectivity index (χ1v) is 7.61. The van der Waals surface area contributed by atoms with E-state index in [2.05, 4.69) is 0 Å². The standard InChI is InChI=1S/C17H20O5/c1-10-6-14(21-9-11(19)8-18)16-12-4-2-3-5-13(12)17(20)22-15(16)7-10/h6-7,11,18-19H,2-5,8-9H2,1H3. The Kier molecular flexibility index (Phi) is 4.18. The smallest absolute Gasteiger partial charge is 0.339 e. The van der Waals surface area contributed by atoms with E-state index in [-0.39, 0.29) is 18.8 Å². The van der Waals surface area contributed by atoms with Gasteiger partial charge in [0, 0.05) is 5.56 Å². The first-order valence-electron chi connectivity index (χ1n) is 7.61. The third-order valence-corrected chi connectivity index (χ3v) is 4.07. The molecule has 1 aliphatic carbocycles. The molecule has 3 rings (SSSR count). The highest BCUT2D eigenvalue weighted by molar-refractivity contribution is 5.88. The number of aliphatic hydroxyl groups excluding tert-OH is 2. The Labute approximate surface area is 128 Å². The maximum Gasteiger partial charge on any atom is 0.339 e. The van der Waals surface area contributed by atoms with Crippen LogP contribution in [0.2, 0.25) is 0 Å². The predicted octanol–water partition coefficient (Wildman–Crippen LogP) is 1.71. The van der Waals surface area contributed by atoms with Crippen LogP contribution in [0.25, 0.3) is 11.0 Å². The molecule has 1 aliphatic rings. The van der Waals surface area contributed by atoms with Gasteiger partial charge in [-0.15, -0.1) is 0 Å². The Morgan fingerprint density at radius 3 is 2.73 bits per heavy atom. The monoisotopic (exact) mass is 304 g/mol. The van der Waals surface area contributed by atoms with E-state index in [1.165, 1.54) is 0 Å². The van der Waals surface area contributed by atoms with E-state index in [1.807, 2.05) is 19.1 Å². The number of aryl methyl sites for hydroxylation is 2. The summed E-state index contributed by atoms with van der Waals surface area (Å²) in [5.74, 6) is 0.601. The number of aliphatic hydroxyl groups is 2. The summed E-state index contributed by atoms with van der Waals surface area (Å²) in [6.07, 6.45) is 2.67. The lowest BCUT2D eigenvalue weighted by Gasteiger charge is -2.19. The molecule has 0 aliphatic heterocycles. The van der Waals surface area contributed by atoms with Gasteiger partial charge in [-0.25, -0.2) is 4.79 Å². The summed E-state index contributed by atoms with van der Waals surface area (Å²) in [6.45, 7) is 1.55. The number of fused-ring (bicyclic) bond motifs is 3. The van der Waals surface area contributed by atoms with Crippen LogP contribution in [0, 0.1) is 6.92 Å². The quantitative estimate of drug-likeness (QED) is 0.841. The zero-order valence-electron chi connectivity index (χ0n) is 12.6. The zero-order chi connectivity index (χ0) is 15.7. The molecule has 5 heteroatoms. The molecule has 22 heavy (non-hydrogen) atoms. The molecule has 0 spiro atoms. The Morgan fingerprint density at radius 1 is 1.27 bits per heavy atom. The third kappa shape index (κ3) is 2.74. The lowest BCUT2D eigenvalue weighted by Crippen LogP contribution is -2.22. The molecule has 2 aromatic rings. The van der Waals surface area contributed by atoms with Gasteiger partial charge in [-0.05, 0) is 55.9 Å². The van der Waals surface area contributed by atoms with E-state index in [0.29, 0.717) is 11.3 Å². The minimum absolute atomic E-state index is 0.00293. The van der Waals surface area contributed by atoms with Gasteiger partial charge in [0.15, 0.2) is 0 Å². The van der Waals surface area contributed by atoms with E-state index in [1.54, 1.807) is 0 Å². The van der Waals surface area contributed by atoms with Crippen molar-refractivity contribution in [1.82, 2.24) is 0 Å². The van der Waals surface area contributed by atoms with Gasteiger partial charge in [0.25, 0.3) is 0 Å². The van der Waals surface area contributed by atoms with E-state index in [9.17, 15) is 9.90 Å². The highest BCUT2D eigenvalue weighted by atomic mass is 16.5. The van der Waals surface area contributed by atoms with Crippen LogP contribution in [0.4, 0.5) is 0 Å². The first kappa shape index (κ1) is 15.1. The summed E-state index contributed by atoms with van der Waals surface area (Å²) in [7, 11) is 0. The van der Waals surface area contributed by atoms with Gasteiger partial charge < -0.3 is 19.4 Å². The Hall–Kier alpha value is -1.85. The van der Waals surface area contributed by atoms with Crippen LogP contribution < -0.4 is 10.4 Å². The summed E-state index contributed by atoms with van der Waals surface area (Å²) in [5.41, 5.74) is 2.94. The van der Waals surface area contributed by atoms with E-state index in [0.717, 1.165) is 47.8 Å². The molecule has 0 saturated heterocycles. The topological polar surface area (TPSA) is 79.9 Å². The summed E-state index contributed by atoms with van der Waals surface area (Å²) in [4.78, 5) is 12.1. The van der Waals surface area contributed by atoms with Crippen molar-refractivity contribution >= 4 is 11.0 Å². The largest absolute Gasteiger partial charge is 0.490 e. The fourth-order valence-electron chi connectivity index (χ4n) is 3.02. The van der Waals surface area contributed by atoms with E-state index < -0.39 is 6.10 Å². The highest BCUT2D eigenvalue weighted by Gasteiger charge is 2.21. The molecule has 1 aromatic heterocycles. The molecule has 0 radical (unpaired) electrons. The van der Waals surface area contributed by atoms with Gasteiger partial charge in [-0.3, -0.25) is 0 Å². The number of rotatable bonds is 4. The van der Waals surface area contributed by atoms with Gasteiger partial charge in [-0.1, -0.05) is 0 Å². The van der Waals surface area contributed by atoms with Gasteiger partial charge in [0.1, 0.15) is 24.0 Å². The highest BCUT2D eigenvalue weighted by Crippen LogP contribution is 2.34. The molecular weight excluding hydrogens is 284 g/mol. The second-order valence-electron chi connectivity index (χ2n) is 5.84. The van der Waals surface area contributed by atoms with Crippen LogP contribution in [-0.2, 0) is 12.8 Å². The predicted molar refractivity (Wildman–Crippen MR) is 82.5 cm³/mol. The molecule has 1 aromatic carbocycles. The van der Waals surface area contributed by atoms with Crippen molar-refractivity contribution in [2.24, 2.45) is 0 Å². The third-order valence-electron chi connectivity index (χ3n) is 4.07. The molecule has 1 unspecified atom stereocenters. The molecule has 1 heterocycles. The molecule has 0 bridgehead atoms. The van der Waals surface area contributed by atoms with Crippen molar-refractivity contribution in [1.29, 1.82) is 0 Å². The SMILES string of the molecule is Cc1cc(OCC(O)CO)c2c3c(c(=O)oc2c1)CCCC3. The van der Waals surface area contributed by atoms with Crippen molar-refractivity contribution in [2.75, 3.05) is 13.2 Å². The molecular formula is C17H20O5. The minimum Gasteiger partial charge on any atom is -0.490 e. The average molecular weight is 304 g/mol. The molecule has 1 atom stereocenters. The normalized spacial score (nSPS) is 15.6. The number of hydrogen-bond acceptors (Lipinski definition) is 5. The molecule has 0 saturated carbocycles.